The molecule has 8 heteroatoms. The number of nitrogens with zero attached hydrogens (tertiary/aromatic N) is 1. The van der Waals surface area contributed by atoms with Crippen LogP contribution in [-0.4, -0.2) is 52.1 Å². The van der Waals surface area contributed by atoms with E-state index < -0.39 is 23.8 Å². The lowest BCUT2D eigenvalue weighted by atomic mass is 9.94. The summed E-state index contributed by atoms with van der Waals surface area (Å²) in [6.07, 6.45) is 2.91. The van der Waals surface area contributed by atoms with Crippen LogP contribution >= 0.6 is 0 Å². The Balaban J connectivity index is 3.67. The molecule has 0 aromatic heterocycles. The standard InChI is InChI=1S/C31H53N3O5/c1-11-12-18-32-28(36)26(24-15-13-14-22(6)27(24)35)34(23(7)17-16-20(2)3)29(37)25(19-21(4)5)33-30(38)39-31(8,9)10/h13-15,20-21,23,25-26,35H,11-12,16-19H2,1-10H3,(H,32,36)(H,33,38). The normalized spacial score (nSPS) is 14.1. The van der Waals surface area contributed by atoms with Crippen molar-refractivity contribution < 1.29 is 24.2 Å². The van der Waals surface area contributed by atoms with Gasteiger partial charge in [0.05, 0.1) is 0 Å². The lowest BCUT2D eigenvalue weighted by Crippen LogP contribution is -2.56. The quantitative estimate of drug-likeness (QED) is 0.239. The largest absolute Gasteiger partial charge is 0.507 e. The summed E-state index contributed by atoms with van der Waals surface area (Å²) >= 11 is 0. The molecule has 8 nitrogen and oxygen atoms in total. The highest BCUT2D eigenvalue weighted by Crippen LogP contribution is 2.34. The van der Waals surface area contributed by atoms with Gasteiger partial charge in [0.25, 0.3) is 0 Å². The van der Waals surface area contributed by atoms with Gasteiger partial charge in [-0.25, -0.2) is 4.79 Å². The second-order valence-corrected chi connectivity index (χ2v) is 12.5. The third-order valence-electron chi connectivity index (χ3n) is 6.51. The van der Waals surface area contributed by atoms with E-state index in [1.807, 2.05) is 27.7 Å². The van der Waals surface area contributed by atoms with Crippen molar-refractivity contribution in [3.05, 3.63) is 29.3 Å². The minimum atomic E-state index is -1.06. The summed E-state index contributed by atoms with van der Waals surface area (Å²) in [7, 11) is 0. The Bertz CT molecular complexity index is 939. The van der Waals surface area contributed by atoms with Gasteiger partial charge in [0.15, 0.2) is 0 Å². The average Bonchev–Trinajstić information content (AvgIpc) is 2.80. The van der Waals surface area contributed by atoms with Crippen molar-refractivity contribution in [2.24, 2.45) is 11.8 Å². The number of benzene rings is 1. The number of phenolic OH excluding ortho intramolecular Hbond substituents is 1. The predicted octanol–water partition coefficient (Wildman–Crippen LogP) is 6.25. The topological polar surface area (TPSA) is 108 Å². The van der Waals surface area contributed by atoms with Crippen LogP contribution in [-0.2, 0) is 14.3 Å². The Hall–Kier alpha value is -2.77. The molecule has 1 rings (SSSR count). The average molecular weight is 548 g/mol. The fraction of sp³-hybridized carbons (Fsp3) is 0.710. The second kappa shape index (κ2) is 15.7. The van der Waals surface area contributed by atoms with Gasteiger partial charge in [-0.3, -0.25) is 9.59 Å². The molecule has 0 aliphatic carbocycles. The zero-order chi connectivity index (χ0) is 29.9. The van der Waals surface area contributed by atoms with Gasteiger partial charge in [-0.05, 0) is 77.7 Å². The number of para-hydroxylation sites is 1. The van der Waals surface area contributed by atoms with Crippen LogP contribution in [0.1, 0.15) is 112 Å². The Kier molecular flexibility index (Phi) is 13.8. The van der Waals surface area contributed by atoms with Gasteiger partial charge in [0, 0.05) is 18.2 Å². The molecule has 0 radical (unpaired) electrons. The molecule has 222 valence electrons. The van der Waals surface area contributed by atoms with Gasteiger partial charge in [0.2, 0.25) is 11.8 Å². The first-order chi connectivity index (χ1) is 18.1. The molecule has 3 atom stereocenters. The molecule has 0 spiro atoms. The van der Waals surface area contributed by atoms with Gasteiger partial charge < -0.3 is 25.4 Å². The van der Waals surface area contributed by atoms with E-state index in [1.54, 1.807) is 50.8 Å². The smallest absolute Gasteiger partial charge is 0.408 e. The van der Waals surface area contributed by atoms with Gasteiger partial charge in [0.1, 0.15) is 23.4 Å². The lowest BCUT2D eigenvalue weighted by molar-refractivity contribution is -0.145. The number of carbonyl (C=O) groups is 3. The Labute approximate surface area is 236 Å². The molecule has 3 N–H and O–H groups in total. The SMILES string of the molecule is CCCCNC(=O)C(c1cccc(C)c1O)N(C(=O)C(CC(C)C)NC(=O)OC(C)(C)C)C(C)CCC(C)C. The molecular weight excluding hydrogens is 494 g/mol. The van der Waals surface area contributed by atoms with E-state index in [2.05, 4.69) is 24.5 Å². The predicted molar refractivity (Wildman–Crippen MR) is 156 cm³/mol. The Morgan fingerprint density at radius 2 is 1.67 bits per heavy atom. The van der Waals surface area contributed by atoms with Crippen LogP contribution in [0.4, 0.5) is 4.79 Å². The number of hydrogen-bond donors (Lipinski definition) is 3. The highest BCUT2D eigenvalue weighted by atomic mass is 16.6. The number of unbranched alkanes of at least 4 members (excludes halogenated alkanes) is 1. The molecule has 0 bridgehead atoms. The van der Waals surface area contributed by atoms with Gasteiger partial charge in [-0.15, -0.1) is 0 Å². The number of aromatic hydroxyl groups is 1. The van der Waals surface area contributed by atoms with E-state index in [0.717, 1.165) is 19.3 Å². The van der Waals surface area contributed by atoms with Gasteiger partial charge >= 0.3 is 6.09 Å². The molecular formula is C31H53N3O5. The molecule has 39 heavy (non-hydrogen) atoms. The maximum Gasteiger partial charge on any atom is 0.408 e. The Morgan fingerprint density at radius 3 is 2.21 bits per heavy atom. The van der Waals surface area contributed by atoms with Gasteiger partial charge in [-0.2, -0.15) is 0 Å². The van der Waals surface area contributed by atoms with Crippen molar-refractivity contribution >= 4 is 17.9 Å². The summed E-state index contributed by atoms with van der Waals surface area (Å²) in [6.45, 7) is 19.7. The maximum atomic E-state index is 14.4. The summed E-state index contributed by atoms with van der Waals surface area (Å²) in [5, 5.41) is 16.8. The number of amides is 3. The number of nitrogens with one attached hydrogen (secondary N) is 2. The van der Waals surface area contributed by atoms with Crippen molar-refractivity contribution in [3.8, 4) is 5.75 Å². The fourth-order valence-electron chi connectivity index (χ4n) is 4.44. The van der Waals surface area contributed by atoms with Crippen LogP contribution in [0.25, 0.3) is 0 Å². The first-order valence-electron chi connectivity index (χ1n) is 14.5. The summed E-state index contributed by atoms with van der Waals surface area (Å²) in [5.41, 5.74) is 0.260. The first-order valence-corrected chi connectivity index (χ1v) is 14.5. The fourth-order valence-corrected chi connectivity index (χ4v) is 4.44. The van der Waals surface area contributed by atoms with Crippen LogP contribution in [0.2, 0.25) is 0 Å². The van der Waals surface area contributed by atoms with Crippen molar-refractivity contribution in [1.82, 2.24) is 15.5 Å². The summed E-state index contributed by atoms with van der Waals surface area (Å²) in [5.74, 6) is -0.245. The molecule has 0 aliphatic heterocycles. The van der Waals surface area contributed by atoms with Crippen LogP contribution in [0.5, 0.6) is 5.75 Å². The second-order valence-electron chi connectivity index (χ2n) is 12.5. The highest BCUT2D eigenvalue weighted by Gasteiger charge is 2.40. The number of rotatable bonds is 14. The number of alkyl carbamates (subject to hydrolysis) is 1. The summed E-state index contributed by atoms with van der Waals surface area (Å²) in [6, 6.07) is 2.94. The number of carbonyl (C=O) groups excluding carboxylic acids is 3. The van der Waals surface area contributed by atoms with Crippen LogP contribution in [0.15, 0.2) is 18.2 Å². The van der Waals surface area contributed by atoms with Crippen LogP contribution < -0.4 is 10.6 Å². The van der Waals surface area contributed by atoms with E-state index in [9.17, 15) is 19.5 Å². The van der Waals surface area contributed by atoms with Crippen molar-refractivity contribution in [2.75, 3.05) is 6.54 Å². The highest BCUT2D eigenvalue weighted by molar-refractivity contribution is 5.92. The molecule has 0 fully saturated rings. The first kappa shape index (κ1) is 34.3. The van der Waals surface area contributed by atoms with Crippen LogP contribution in [0.3, 0.4) is 0 Å². The van der Waals surface area contributed by atoms with Crippen LogP contribution in [0, 0.1) is 18.8 Å². The molecule has 3 unspecified atom stereocenters. The monoisotopic (exact) mass is 547 g/mol. The maximum absolute atomic E-state index is 14.4. The van der Waals surface area contributed by atoms with Gasteiger partial charge in [-0.1, -0.05) is 59.2 Å². The molecule has 0 saturated heterocycles. The molecule has 0 saturated carbocycles. The van der Waals surface area contributed by atoms with E-state index in [1.165, 1.54) is 0 Å². The summed E-state index contributed by atoms with van der Waals surface area (Å²) < 4.78 is 5.47. The number of aryl methyl sites for hydroxylation is 1. The zero-order valence-electron chi connectivity index (χ0n) is 25.9. The Morgan fingerprint density at radius 1 is 1.03 bits per heavy atom. The minimum Gasteiger partial charge on any atom is -0.507 e. The molecule has 0 aliphatic rings. The third-order valence-corrected chi connectivity index (χ3v) is 6.51. The molecule has 0 heterocycles. The minimum absolute atomic E-state index is 0.0116. The summed E-state index contributed by atoms with van der Waals surface area (Å²) in [4.78, 5) is 42.6. The zero-order valence-corrected chi connectivity index (χ0v) is 25.9. The number of phenols is 1. The van der Waals surface area contributed by atoms with Crippen molar-refractivity contribution in [1.29, 1.82) is 0 Å². The molecule has 1 aromatic carbocycles. The van der Waals surface area contributed by atoms with E-state index in [4.69, 9.17) is 4.74 Å². The lowest BCUT2D eigenvalue weighted by Gasteiger charge is -2.39. The number of hydrogen-bond acceptors (Lipinski definition) is 5. The number of ether oxygens (including phenoxy) is 1. The third kappa shape index (κ3) is 11.5. The van der Waals surface area contributed by atoms with Crippen molar-refractivity contribution in [3.63, 3.8) is 0 Å². The van der Waals surface area contributed by atoms with E-state index >= 15 is 0 Å². The molecule has 1 aromatic rings. The van der Waals surface area contributed by atoms with E-state index in [0.29, 0.717) is 36.4 Å². The molecule has 3 amide bonds. The van der Waals surface area contributed by atoms with E-state index in [-0.39, 0.29) is 29.5 Å². The van der Waals surface area contributed by atoms with Crippen molar-refractivity contribution in [2.45, 2.75) is 125 Å².